The smallest absolute Gasteiger partial charge is 0.240 e. The molecule has 130 valence electrons. The Balaban J connectivity index is 1.73. The van der Waals surface area contributed by atoms with E-state index in [4.69, 9.17) is 9.26 Å². The molecule has 0 radical (unpaired) electrons. The van der Waals surface area contributed by atoms with Gasteiger partial charge in [0.2, 0.25) is 5.89 Å². The minimum Gasteiger partial charge on any atom is -0.392 e. The van der Waals surface area contributed by atoms with Crippen molar-refractivity contribution < 1.29 is 23.1 Å². The largest absolute Gasteiger partial charge is 0.392 e. The van der Waals surface area contributed by atoms with Crippen LogP contribution in [0.1, 0.15) is 29.7 Å². The van der Waals surface area contributed by atoms with Gasteiger partial charge in [-0.3, -0.25) is 4.90 Å². The van der Waals surface area contributed by atoms with Crippen LogP contribution in [-0.4, -0.2) is 46.5 Å². The van der Waals surface area contributed by atoms with Crippen LogP contribution in [0.25, 0.3) is 0 Å². The molecule has 1 aromatic heterocycles. The number of likely N-dealkylation sites (tertiary alicyclic amines) is 1. The molecule has 6 nitrogen and oxygen atoms in total. The first-order chi connectivity index (χ1) is 11.6. The van der Waals surface area contributed by atoms with Gasteiger partial charge in [0.1, 0.15) is 0 Å². The number of methoxy groups -OCH3 is 1. The maximum absolute atomic E-state index is 13.5. The zero-order valence-corrected chi connectivity index (χ0v) is 13.3. The number of aliphatic hydroxyl groups excluding tert-OH is 1. The number of benzene rings is 1. The molecule has 1 fully saturated rings. The first-order valence-electron chi connectivity index (χ1n) is 7.74. The van der Waals surface area contributed by atoms with Crippen molar-refractivity contribution in [3.05, 3.63) is 47.1 Å². The number of aliphatic hydroxyl groups is 1. The number of aromatic nitrogens is 2. The van der Waals surface area contributed by atoms with Crippen LogP contribution in [0.4, 0.5) is 8.78 Å². The number of hydrogen-bond acceptors (Lipinski definition) is 6. The van der Waals surface area contributed by atoms with Crippen molar-refractivity contribution in [1.29, 1.82) is 0 Å². The van der Waals surface area contributed by atoms with Gasteiger partial charge in [-0.2, -0.15) is 4.98 Å². The standard InChI is InChI=1S/C16H19F2N3O3/c1-23-5-4-15-19-16(24-20-15)9-21-8-11(22)7-14(21)10-2-3-12(17)13(18)6-10/h2-3,6,11,14,22H,4-5,7-9H2,1H3/t11-,14-/m0/s1. The molecule has 2 heterocycles. The summed E-state index contributed by atoms with van der Waals surface area (Å²) in [6.45, 7) is 1.24. The van der Waals surface area contributed by atoms with Gasteiger partial charge in [0.15, 0.2) is 17.5 Å². The van der Waals surface area contributed by atoms with Crippen molar-refractivity contribution in [3.8, 4) is 0 Å². The Morgan fingerprint density at radius 3 is 2.96 bits per heavy atom. The fraction of sp³-hybridized carbons (Fsp3) is 0.500. The van der Waals surface area contributed by atoms with E-state index in [0.717, 1.165) is 6.07 Å². The highest BCUT2D eigenvalue weighted by molar-refractivity contribution is 5.23. The number of nitrogens with zero attached hydrogens (tertiary/aromatic N) is 3. The van der Waals surface area contributed by atoms with E-state index in [0.29, 0.717) is 49.8 Å². The SMILES string of the molecule is COCCc1noc(CN2C[C@@H](O)C[C@H]2c2ccc(F)c(F)c2)n1. The van der Waals surface area contributed by atoms with Gasteiger partial charge < -0.3 is 14.4 Å². The second-order valence-electron chi connectivity index (χ2n) is 5.86. The van der Waals surface area contributed by atoms with E-state index in [1.807, 2.05) is 4.90 Å². The van der Waals surface area contributed by atoms with Crippen molar-refractivity contribution in [1.82, 2.24) is 15.0 Å². The molecule has 8 heteroatoms. The summed E-state index contributed by atoms with van der Waals surface area (Å²) in [4.78, 5) is 6.20. The lowest BCUT2D eigenvalue weighted by atomic mass is 10.0. The van der Waals surface area contributed by atoms with Crippen LogP contribution in [0.3, 0.4) is 0 Å². The molecule has 1 saturated heterocycles. The number of β-amino-alcohol motifs (C(OH)–C–C–N with tert-alkyl or cyclic N) is 1. The molecule has 2 atom stereocenters. The number of hydrogen-bond donors (Lipinski definition) is 1. The molecule has 2 aromatic rings. The third kappa shape index (κ3) is 3.77. The molecule has 1 N–H and O–H groups in total. The molecule has 0 bridgehead atoms. The Bertz CT molecular complexity index is 695. The zero-order chi connectivity index (χ0) is 17.1. The summed E-state index contributed by atoms with van der Waals surface area (Å²) in [5, 5.41) is 13.8. The Morgan fingerprint density at radius 1 is 1.38 bits per heavy atom. The fourth-order valence-corrected chi connectivity index (χ4v) is 2.94. The molecular formula is C16H19F2N3O3. The van der Waals surface area contributed by atoms with Crippen molar-refractivity contribution in [2.75, 3.05) is 20.3 Å². The summed E-state index contributed by atoms with van der Waals surface area (Å²) < 4.78 is 36.8. The van der Waals surface area contributed by atoms with Gasteiger partial charge in [-0.05, 0) is 24.1 Å². The van der Waals surface area contributed by atoms with Crippen LogP contribution in [0.15, 0.2) is 22.7 Å². The van der Waals surface area contributed by atoms with Crippen LogP contribution >= 0.6 is 0 Å². The summed E-state index contributed by atoms with van der Waals surface area (Å²) in [6, 6.07) is 3.57. The third-order valence-electron chi connectivity index (χ3n) is 4.09. The van der Waals surface area contributed by atoms with Gasteiger partial charge in [-0.1, -0.05) is 11.2 Å². The first-order valence-corrected chi connectivity index (χ1v) is 7.74. The average Bonchev–Trinajstić information content (AvgIpc) is 3.15. The van der Waals surface area contributed by atoms with Crippen LogP contribution < -0.4 is 0 Å². The summed E-state index contributed by atoms with van der Waals surface area (Å²) in [6.07, 6.45) is 0.448. The quantitative estimate of drug-likeness (QED) is 0.866. The molecule has 1 aromatic carbocycles. The van der Waals surface area contributed by atoms with Gasteiger partial charge in [0.25, 0.3) is 0 Å². The summed E-state index contributed by atoms with van der Waals surface area (Å²) >= 11 is 0. The van der Waals surface area contributed by atoms with Crippen LogP contribution in [0, 0.1) is 11.6 Å². The van der Waals surface area contributed by atoms with Crippen molar-refractivity contribution in [2.45, 2.75) is 31.5 Å². The van der Waals surface area contributed by atoms with E-state index in [-0.39, 0.29) is 6.04 Å². The molecule has 0 spiro atoms. The Labute approximate surface area is 138 Å². The van der Waals surface area contributed by atoms with Crippen molar-refractivity contribution in [2.24, 2.45) is 0 Å². The zero-order valence-electron chi connectivity index (χ0n) is 13.3. The normalized spacial score (nSPS) is 21.5. The van der Waals surface area contributed by atoms with Crippen LogP contribution in [0.5, 0.6) is 0 Å². The van der Waals surface area contributed by atoms with Gasteiger partial charge in [-0.25, -0.2) is 8.78 Å². The molecule has 1 aliphatic heterocycles. The number of ether oxygens (including phenoxy) is 1. The van der Waals surface area contributed by atoms with Crippen LogP contribution in [0.2, 0.25) is 0 Å². The summed E-state index contributed by atoms with van der Waals surface area (Å²) in [5.41, 5.74) is 0.615. The van der Waals surface area contributed by atoms with E-state index in [1.165, 1.54) is 12.1 Å². The molecule has 1 aliphatic rings. The Hall–Kier alpha value is -1.90. The summed E-state index contributed by atoms with van der Waals surface area (Å²) in [7, 11) is 1.60. The monoisotopic (exact) mass is 339 g/mol. The lowest BCUT2D eigenvalue weighted by Gasteiger charge is -2.22. The molecule has 0 amide bonds. The minimum atomic E-state index is -0.895. The molecule has 0 aliphatic carbocycles. The van der Waals surface area contributed by atoms with Gasteiger partial charge in [0, 0.05) is 26.1 Å². The third-order valence-corrected chi connectivity index (χ3v) is 4.09. The highest BCUT2D eigenvalue weighted by atomic mass is 19.2. The molecule has 3 rings (SSSR count). The maximum Gasteiger partial charge on any atom is 0.240 e. The van der Waals surface area contributed by atoms with Crippen LogP contribution in [-0.2, 0) is 17.7 Å². The average molecular weight is 339 g/mol. The molecule has 0 unspecified atom stereocenters. The van der Waals surface area contributed by atoms with E-state index in [2.05, 4.69) is 10.1 Å². The van der Waals surface area contributed by atoms with Gasteiger partial charge in [0.05, 0.1) is 19.3 Å². The highest BCUT2D eigenvalue weighted by Crippen LogP contribution is 2.33. The number of rotatable bonds is 6. The molecule has 24 heavy (non-hydrogen) atoms. The topological polar surface area (TPSA) is 71.6 Å². The second kappa shape index (κ2) is 7.33. The lowest BCUT2D eigenvalue weighted by Crippen LogP contribution is -2.24. The van der Waals surface area contributed by atoms with Gasteiger partial charge >= 0.3 is 0 Å². The first kappa shape index (κ1) is 16.9. The second-order valence-corrected chi connectivity index (χ2v) is 5.86. The van der Waals surface area contributed by atoms with Crippen molar-refractivity contribution >= 4 is 0 Å². The molecule has 0 saturated carbocycles. The predicted molar refractivity (Wildman–Crippen MR) is 80.0 cm³/mol. The van der Waals surface area contributed by atoms with E-state index in [1.54, 1.807) is 7.11 Å². The Kier molecular flexibility index (Phi) is 5.17. The van der Waals surface area contributed by atoms with E-state index >= 15 is 0 Å². The predicted octanol–water partition coefficient (Wildman–Crippen LogP) is 1.84. The molecular weight excluding hydrogens is 320 g/mol. The fourth-order valence-electron chi connectivity index (χ4n) is 2.94. The minimum absolute atomic E-state index is 0.232. The Morgan fingerprint density at radius 2 is 2.21 bits per heavy atom. The van der Waals surface area contributed by atoms with Crippen molar-refractivity contribution in [3.63, 3.8) is 0 Å². The van der Waals surface area contributed by atoms with E-state index in [9.17, 15) is 13.9 Å². The summed E-state index contributed by atoms with van der Waals surface area (Å²) in [5.74, 6) is -0.809. The lowest BCUT2D eigenvalue weighted by molar-refractivity contribution is 0.164. The van der Waals surface area contributed by atoms with E-state index < -0.39 is 17.7 Å². The highest BCUT2D eigenvalue weighted by Gasteiger charge is 2.33. The number of halogens is 2. The maximum atomic E-state index is 13.5. The van der Waals surface area contributed by atoms with Gasteiger partial charge in [-0.15, -0.1) is 0 Å².